The fraction of sp³-hybridized carbons (Fsp3) is 0.375. The van der Waals surface area contributed by atoms with Crippen molar-refractivity contribution < 1.29 is 19.2 Å². The number of nitrogens with two attached hydrogens (primary N) is 1. The van der Waals surface area contributed by atoms with Gasteiger partial charge >= 0.3 is 16.7 Å². The van der Waals surface area contributed by atoms with E-state index in [1.165, 1.54) is 13.1 Å². The summed E-state index contributed by atoms with van der Waals surface area (Å²) in [6.07, 6.45) is 0. The van der Waals surface area contributed by atoms with Gasteiger partial charge in [0.25, 0.3) is 5.56 Å². The van der Waals surface area contributed by atoms with Crippen LogP contribution in [0.3, 0.4) is 0 Å². The number of esters is 1. The molecule has 0 saturated heterocycles. The van der Waals surface area contributed by atoms with Gasteiger partial charge in [-0.05, 0) is 12.0 Å². The average molecular weight is 410 g/mol. The summed E-state index contributed by atoms with van der Waals surface area (Å²) in [5.74, 6) is -2.10. The average Bonchev–Trinajstić information content (AvgIpc) is 3.12. The molecule has 0 aliphatic carbocycles. The number of rotatable bonds is 7. The van der Waals surface area contributed by atoms with Crippen molar-refractivity contribution in [1.82, 2.24) is 9.13 Å². The lowest BCUT2D eigenvalue weighted by molar-refractivity contribution is -0.380. The summed E-state index contributed by atoms with van der Waals surface area (Å²) in [5.41, 5.74) is 3.87. The highest BCUT2D eigenvalue weighted by Crippen LogP contribution is 2.24. The number of aromatic nitrogens is 2. The molecule has 0 aliphatic heterocycles. The first-order chi connectivity index (χ1) is 13.0. The molecule has 28 heavy (non-hydrogen) atoms. The van der Waals surface area contributed by atoms with E-state index in [0.29, 0.717) is 11.3 Å². The molecular weight excluding hydrogens is 392 g/mol. The molecule has 0 amide bonds. The van der Waals surface area contributed by atoms with Gasteiger partial charge in [0.2, 0.25) is 5.78 Å². The van der Waals surface area contributed by atoms with Crippen molar-refractivity contribution in [2.75, 3.05) is 12.3 Å². The fourth-order valence-electron chi connectivity index (χ4n) is 2.40. The second kappa shape index (κ2) is 8.17. The molecule has 2 N–H and O–H groups in total. The molecule has 0 atom stereocenters. The summed E-state index contributed by atoms with van der Waals surface area (Å²) >= 11 is 0.596. The minimum atomic E-state index is -0.947. The van der Waals surface area contributed by atoms with Crippen LogP contribution in [0.1, 0.15) is 33.9 Å². The zero-order valence-electron chi connectivity index (χ0n) is 15.3. The minimum absolute atomic E-state index is 0.0212. The van der Waals surface area contributed by atoms with Gasteiger partial charge in [-0.1, -0.05) is 25.2 Å². The third-order valence-electron chi connectivity index (χ3n) is 3.72. The van der Waals surface area contributed by atoms with E-state index < -0.39 is 40.1 Å². The second-order valence-corrected chi connectivity index (χ2v) is 7.37. The van der Waals surface area contributed by atoms with Crippen LogP contribution >= 0.6 is 11.3 Å². The van der Waals surface area contributed by atoms with Gasteiger partial charge in [0.15, 0.2) is 6.61 Å². The molecule has 2 aromatic heterocycles. The molecule has 0 unspecified atom stereocenters. The van der Waals surface area contributed by atoms with Crippen molar-refractivity contribution in [2.24, 2.45) is 13.0 Å². The first kappa shape index (κ1) is 21.0. The van der Waals surface area contributed by atoms with E-state index >= 15 is 0 Å². The number of Topliss-reactive ketones (excluding diaryl/α,β-unsaturated/α-hetero) is 1. The molecule has 0 radical (unpaired) electrons. The smallest absolute Gasteiger partial charge is 0.349 e. The summed E-state index contributed by atoms with van der Waals surface area (Å²) in [5, 5.41) is 10.4. The lowest BCUT2D eigenvalue weighted by Crippen LogP contribution is -2.43. The topological polar surface area (TPSA) is 157 Å². The number of anilines is 1. The molecule has 2 aromatic rings. The number of carbonyl (C=O) groups excluding carboxylic acids is 2. The largest absolute Gasteiger partial charge is 0.453 e. The SMILES string of the molecule is CC(C)Cn1c(N)c(C(=O)COC(=O)c2ccc([N+](=O)[O-])s2)c(=O)n(C)c1=O. The number of ketones is 1. The number of carbonyl (C=O) groups is 2. The van der Waals surface area contributed by atoms with E-state index in [-0.39, 0.29) is 28.2 Å². The van der Waals surface area contributed by atoms with Crippen LogP contribution in [0.2, 0.25) is 0 Å². The maximum Gasteiger partial charge on any atom is 0.349 e. The zero-order valence-corrected chi connectivity index (χ0v) is 16.1. The first-order valence-electron chi connectivity index (χ1n) is 8.08. The maximum atomic E-state index is 12.4. The number of nitro groups is 1. The monoisotopic (exact) mass is 410 g/mol. The van der Waals surface area contributed by atoms with Gasteiger partial charge in [0.1, 0.15) is 16.3 Å². The van der Waals surface area contributed by atoms with Gasteiger partial charge in [-0.15, -0.1) is 0 Å². The van der Waals surface area contributed by atoms with Crippen molar-refractivity contribution >= 4 is 33.9 Å². The molecular formula is C16H18N4O7S. The fourth-order valence-corrected chi connectivity index (χ4v) is 3.11. The van der Waals surface area contributed by atoms with Crippen molar-refractivity contribution in [2.45, 2.75) is 20.4 Å². The van der Waals surface area contributed by atoms with Crippen LogP contribution in [0.25, 0.3) is 0 Å². The molecule has 12 heteroatoms. The van der Waals surface area contributed by atoms with Crippen molar-refractivity contribution in [3.63, 3.8) is 0 Å². The Kier molecular flexibility index (Phi) is 6.13. The van der Waals surface area contributed by atoms with E-state index in [1.807, 2.05) is 13.8 Å². The van der Waals surface area contributed by atoms with Crippen LogP contribution in [0.4, 0.5) is 10.8 Å². The van der Waals surface area contributed by atoms with Gasteiger partial charge < -0.3 is 10.5 Å². The molecule has 0 spiro atoms. The van der Waals surface area contributed by atoms with Crippen LogP contribution in [0, 0.1) is 16.0 Å². The van der Waals surface area contributed by atoms with E-state index in [1.54, 1.807) is 0 Å². The zero-order chi connectivity index (χ0) is 21.2. The Bertz CT molecular complexity index is 1060. The van der Waals surface area contributed by atoms with E-state index in [4.69, 9.17) is 10.5 Å². The number of nitrogen functional groups attached to an aromatic ring is 1. The molecule has 0 bridgehead atoms. The molecule has 0 aliphatic rings. The molecule has 150 valence electrons. The van der Waals surface area contributed by atoms with E-state index in [0.717, 1.165) is 15.2 Å². The molecule has 11 nitrogen and oxygen atoms in total. The normalized spacial score (nSPS) is 10.9. The summed E-state index contributed by atoms with van der Waals surface area (Å²) in [4.78, 5) is 58.9. The molecule has 0 aromatic carbocycles. The molecule has 2 heterocycles. The highest BCUT2D eigenvalue weighted by molar-refractivity contribution is 7.17. The molecule has 2 rings (SSSR count). The molecule has 0 saturated carbocycles. The van der Waals surface area contributed by atoms with Crippen LogP contribution in [-0.2, 0) is 18.3 Å². The van der Waals surface area contributed by atoms with Crippen molar-refractivity contribution in [1.29, 1.82) is 0 Å². The van der Waals surface area contributed by atoms with Crippen LogP contribution < -0.4 is 17.0 Å². The molecule has 0 fully saturated rings. The summed E-state index contributed by atoms with van der Waals surface area (Å²) in [6, 6.07) is 2.34. The number of nitrogens with zero attached hydrogens (tertiary/aromatic N) is 3. The van der Waals surface area contributed by atoms with E-state index in [2.05, 4.69) is 0 Å². The summed E-state index contributed by atoms with van der Waals surface area (Å²) in [7, 11) is 1.22. The Morgan fingerprint density at radius 2 is 1.96 bits per heavy atom. The van der Waals surface area contributed by atoms with Gasteiger partial charge in [-0.25, -0.2) is 9.59 Å². The Morgan fingerprint density at radius 1 is 1.32 bits per heavy atom. The standard InChI is InChI=1S/C16H18N4O7S/c1-8(2)6-19-13(17)12(14(22)18(3)16(19)24)9(21)7-27-15(23)10-4-5-11(28-10)20(25)26/h4-5,8H,6-7,17H2,1-3H3. The minimum Gasteiger partial charge on any atom is -0.453 e. The Morgan fingerprint density at radius 3 is 2.50 bits per heavy atom. The lowest BCUT2D eigenvalue weighted by atomic mass is 10.1. The number of thiophene rings is 1. The van der Waals surface area contributed by atoms with Crippen molar-refractivity contribution in [3.05, 3.63) is 53.5 Å². The van der Waals surface area contributed by atoms with Gasteiger partial charge in [-0.3, -0.25) is 28.8 Å². The lowest BCUT2D eigenvalue weighted by Gasteiger charge is -2.16. The van der Waals surface area contributed by atoms with Gasteiger partial charge in [0.05, 0.1) is 4.92 Å². The maximum absolute atomic E-state index is 12.4. The van der Waals surface area contributed by atoms with Crippen molar-refractivity contribution in [3.8, 4) is 0 Å². The first-order valence-corrected chi connectivity index (χ1v) is 8.90. The van der Waals surface area contributed by atoms with Crippen LogP contribution in [-0.4, -0.2) is 32.4 Å². The third-order valence-corrected chi connectivity index (χ3v) is 4.73. The highest BCUT2D eigenvalue weighted by Gasteiger charge is 2.24. The quantitative estimate of drug-likeness (QED) is 0.304. The summed E-state index contributed by atoms with van der Waals surface area (Å²) < 4.78 is 6.72. The number of hydrogen-bond donors (Lipinski definition) is 1. The number of hydrogen-bond acceptors (Lipinski definition) is 9. The Labute approximate surface area is 162 Å². The third kappa shape index (κ3) is 4.17. The second-order valence-electron chi connectivity index (χ2n) is 6.31. The van der Waals surface area contributed by atoms with Gasteiger partial charge in [0, 0.05) is 19.7 Å². The predicted molar refractivity (Wildman–Crippen MR) is 101 cm³/mol. The van der Waals surface area contributed by atoms with Crippen LogP contribution in [0.15, 0.2) is 21.7 Å². The predicted octanol–water partition coefficient (Wildman–Crippen LogP) is 0.795. The van der Waals surface area contributed by atoms with Crippen LogP contribution in [0.5, 0.6) is 0 Å². The van der Waals surface area contributed by atoms with E-state index in [9.17, 15) is 29.3 Å². The Hall–Kier alpha value is -3.28. The summed E-state index contributed by atoms with van der Waals surface area (Å²) in [6.45, 7) is 3.06. The highest BCUT2D eigenvalue weighted by atomic mass is 32.1. The number of ether oxygens (including phenoxy) is 1. The van der Waals surface area contributed by atoms with Gasteiger partial charge in [-0.2, -0.15) is 0 Å². The Balaban J connectivity index is 2.27.